The zero-order chi connectivity index (χ0) is 11.3. The van der Waals surface area contributed by atoms with E-state index in [1.165, 1.54) is 25.7 Å². The minimum atomic E-state index is 0.0109. The van der Waals surface area contributed by atoms with E-state index in [2.05, 4.69) is 5.32 Å². The zero-order valence-electron chi connectivity index (χ0n) is 9.71. The fourth-order valence-corrected chi connectivity index (χ4v) is 1.94. The fraction of sp³-hybridized carbons (Fsp3) is 0.833. The van der Waals surface area contributed by atoms with Crippen LogP contribution in [0, 0.1) is 11.8 Å². The monoisotopic (exact) mass is 211 g/mol. The Hall–Kier alpha value is -0.860. The molecule has 0 aliphatic heterocycles. The van der Waals surface area contributed by atoms with Gasteiger partial charge in [0.25, 0.3) is 0 Å². The molecule has 0 radical (unpaired) electrons. The maximum Gasteiger partial charge on any atom is 0.220 e. The molecule has 1 amide bonds. The lowest BCUT2D eigenvalue weighted by Gasteiger charge is -2.09. The highest BCUT2D eigenvalue weighted by Crippen LogP contribution is 2.27. The first kappa shape index (κ1) is 12.2. The SMILES string of the molecule is CC(C)C(=O)CNC(=O)CC1CCCC1. The number of amides is 1. The summed E-state index contributed by atoms with van der Waals surface area (Å²) in [6.45, 7) is 3.90. The maximum absolute atomic E-state index is 11.5. The number of hydrogen-bond donors (Lipinski definition) is 1. The number of hydrogen-bond acceptors (Lipinski definition) is 2. The van der Waals surface area contributed by atoms with Crippen molar-refractivity contribution in [3.8, 4) is 0 Å². The molecule has 15 heavy (non-hydrogen) atoms. The first-order chi connectivity index (χ1) is 7.09. The van der Waals surface area contributed by atoms with Gasteiger partial charge in [-0.05, 0) is 18.8 Å². The molecule has 1 aliphatic carbocycles. The lowest BCUT2D eigenvalue weighted by atomic mass is 10.0. The number of Topliss-reactive ketones (excluding diaryl/α,β-unsaturated/α-hetero) is 1. The molecule has 3 heteroatoms. The van der Waals surface area contributed by atoms with Crippen LogP contribution in [0.1, 0.15) is 46.0 Å². The van der Waals surface area contributed by atoms with Crippen molar-refractivity contribution in [1.82, 2.24) is 5.32 Å². The number of ketones is 1. The lowest BCUT2D eigenvalue weighted by Crippen LogP contribution is -2.32. The number of rotatable bonds is 5. The van der Waals surface area contributed by atoms with Crippen LogP contribution in [0.5, 0.6) is 0 Å². The average molecular weight is 211 g/mol. The van der Waals surface area contributed by atoms with Gasteiger partial charge < -0.3 is 5.32 Å². The van der Waals surface area contributed by atoms with E-state index < -0.39 is 0 Å². The second kappa shape index (κ2) is 5.89. The molecule has 1 saturated carbocycles. The zero-order valence-corrected chi connectivity index (χ0v) is 9.71. The van der Waals surface area contributed by atoms with Gasteiger partial charge in [-0.1, -0.05) is 26.7 Å². The van der Waals surface area contributed by atoms with Crippen molar-refractivity contribution in [1.29, 1.82) is 0 Å². The summed E-state index contributed by atoms with van der Waals surface area (Å²) < 4.78 is 0. The van der Waals surface area contributed by atoms with E-state index in [4.69, 9.17) is 0 Å². The molecule has 86 valence electrons. The van der Waals surface area contributed by atoms with Gasteiger partial charge in [0.2, 0.25) is 5.91 Å². The molecule has 0 aromatic carbocycles. The van der Waals surface area contributed by atoms with E-state index in [9.17, 15) is 9.59 Å². The average Bonchev–Trinajstić information content (AvgIpc) is 2.66. The molecule has 0 aromatic rings. The third-order valence-corrected chi connectivity index (χ3v) is 3.05. The quantitative estimate of drug-likeness (QED) is 0.755. The summed E-state index contributed by atoms with van der Waals surface area (Å²) in [6.07, 6.45) is 5.45. The summed E-state index contributed by atoms with van der Waals surface area (Å²) >= 11 is 0. The van der Waals surface area contributed by atoms with Gasteiger partial charge in [0.15, 0.2) is 5.78 Å². The molecule has 0 saturated heterocycles. The van der Waals surface area contributed by atoms with Gasteiger partial charge in [-0.25, -0.2) is 0 Å². The third kappa shape index (κ3) is 4.45. The van der Waals surface area contributed by atoms with Crippen LogP contribution in [-0.2, 0) is 9.59 Å². The molecule has 1 rings (SSSR count). The van der Waals surface area contributed by atoms with Gasteiger partial charge in [-0.2, -0.15) is 0 Å². The highest BCUT2D eigenvalue weighted by atomic mass is 16.2. The minimum Gasteiger partial charge on any atom is -0.349 e. The van der Waals surface area contributed by atoms with Crippen LogP contribution >= 0.6 is 0 Å². The van der Waals surface area contributed by atoms with Crippen molar-refractivity contribution >= 4 is 11.7 Å². The summed E-state index contributed by atoms with van der Waals surface area (Å²) in [4.78, 5) is 22.7. The molecular formula is C12H21NO2. The fourth-order valence-electron chi connectivity index (χ4n) is 1.94. The van der Waals surface area contributed by atoms with Crippen molar-refractivity contribution in [3.05, 3.63) is 0 Å². The Balaban J connectivity index is 2.15. The van der Waals surface area contributed by atoms with E-state index in [-0.39, 0.29) is 24.2 Å². The van der Waals surface area contributed by atoms with Crippen molar-refractivity contribution in [2.75, 3.05) is 6.54 Å². The van der Waals surface area contributed by atoms with E-state index in [0.29, 0.717) is 12.3 Å². The van der Waals surface area contributed by atoms with Crippen molar-refractivity contribution in [2.45, 2.75) is 46.0 Å². The molecule has 0 spiro atoms. The number of carbonyl (C=O) groups is 2. The Bertz CT molecular complexity index is 230. The summed E-state index contributed by atoms with van der Waals surface area (Å²) in [5.74, 6) is 0.710. The Morgan fingerprint density at radius 3 is 2.40 bits per heavy atom. The highest BCUT2D eigenvalue weighted by Gasteiger charge is 2.18. The second-order valence-corrected chi connectivity index (χ2v) is 4.75. The predicted molar refractivity (Wildman–Crippen MR) is 59.4 cm³/mol. The van der Waals surface area contributed by atoms with Crippen LogP contribution in [0.15, 0.2) is 0 Å². The topological polar surface area (TPSA) is 46.2 Å². The summed E-state index contributed by atoms with van der Waals surface area (Å²) in [7, 11) is 0. The molecule has 0 bridgehead atoms. The van der Waals surface area contributed by atoms with Crippen molar-refractivity contribution in [2.24, 2.45) is 11.8 Å². The van der Waals surface area contributed by atoms with Crippen molar-refractivity contribution in [3.63, 3.8) is 0 Å². The smallest absolute Gasteiger partial charge is 0.220 e. The largest absolute Gasteiger partial charge is 0.349 e. The van der Waals surface area contributed by atoms with E-state index in [1.807, 2.05) is 13.8 Å². The molecule has 0 unspecified atom stereocenters. The highest BCUT2D eigenvalue weighted by molar-refractivity contribution is 5.87. The van der Waals surface area contributed by atoms with Crippen LogP contribution < -0.4 is 5.32 Å². The first-order valence-corrected chi connectivity index (χ1v) is 5.89. The Morgan fingerprint density at radius 2 is 1.87 bits per heavy atom. The molecule has 0 atom stereocenters. The Morgan fingerprint density at radius 1 is 1.27 bits per heavy atom. The minimum absolute atomic E-state index is 0.0109. The standard InChI is InChI=1S/C12H21NO2/c1-9(2)11(14)8-13-12(15)7-10-5-3-4-6-10/h9-10H,3-8H2,1-2H3,(H,13,15). The number of carbonyl (C=O) groups excluding carboxylic acids is 2. The normalized spacial score (nSPS) is 17.0. The van der Waals surface area contributed by atoms with Gasteiger partial charge >= 0.3 is 0 Å². The van der Waals surface area contributed by atoms with E-state index >= 15 is 0 Å². The van der Waals surface area contributed by atoms with Gasteiger partial charge in [0, 0.05) is 12.3 Å². The van der Waals surface area contributed by atoms with Crippen LogP contribution in [0.25, 0.3) is 0 Å². The Labute approximate surface area is 91.6 Å². The predicted octanol–water partition coefficient (Wildman–Crippen LogP) is 1.91. The summed E-state index contributed by atoms with van der Waals surface area (Å²) in [6, 6.07) is 0. The molecule has 3 nitrogen and oxygen atoms in total. The van der Waals surface area contributed by atoms with Gasteiger partial charge in [-0.15, -0.1) is 0 Å². The van der Waals surface area contributed by atoms with Crippen LogP contribution in [0.4, 0.5) is 0 Å². The van der Waals surface area contributed by atoms with Gasteiger partial charge in [-0.3, -0.25) is 9.59 Å². The molecule has 1 fully saturated rings. The van der Waals surface area contributed by atoms with Crippen LogP contribution in [0.3, 0.4) is 0 Å². The third-order valence-electron chi connectivity index (χ3n) is 3.05. The van der Waals surface area contributed by atoms with E-state index in [0.717, 1.165) is 0 Å². The lowest BCUT2D eigenvalue weighted by molar-refractivity contribution is -0.126. The van der Waals surface area contributed by atoms with Crippen molar-refractivity contribution < 1.29 is 9.59 Å². The van der Waals surface area contributed by atoms with Crippen LogP contribution in [-0.4, -0.2) is 18.2 Å². The Kier molecular flexibility index (Phi) is 4.79. The molecule has 0 heterocycles. The number of nitrogens with one attached hydrogen (secondary N) is 1. The van der Waals surface area contributed by atoms with Gasteiger partial charge in [0.05, 0.1) is 6.54 Å². The maximum atomic E-state index is 11.5. The van der Waals surface area contributed by atoms with Crippen LogP contribution in [0.2, 0.25) is 0 Å². The summed E-state index contributed by atoms with van der Waals surface area (Å²) in [5, 5.41) is 2.70. The summed E-state index contributed by atoms with van der Waals surface area (Å²) in [5.41, 5.74) is 0. The molecular weight excluding hydrogens is 190 g/mol. The van der Waals surface area contributed by atoms with Gasteiger partial charge in [0.1, 0.15) is 0 Å². The molecule has 1 aliphatic rings. The molecule has 0 aromatic heterocycles. The van der Waals surface area contributed by atoms with E-state index in [1.54, 1.807) is 0 Å². The molecule has 1 N–H and O–H groups in total. The first-order valence-electron chi connectivity index (χ1n) is 5.89. The second-order valence-electron chi connectivity index (χ2n) is 4.75.